The summed E-state index contributed by atoms with van der Waals surface area (Å²) in [7, 11) is 0. The maximum Gasteiger partial charge on any atom is 0.116 e. The molecule has 0 amide bonds. The predicted octanol–water partition coefficient (Wildman–Crippen LogP) is 2.45. The number of hydrogen-bond donors (Lipinski definition) is 0. The molecule has 2 rings (SSSR count). The molecular formula is C10H15N2. The standard InChI is InChI=1S/C10H15N2/c1-7(2)12-10(9-4-5-9)8(3)6-11-12/h7,9H,4-5H2,1-3H3. The van der Waals surface area contributed by atoms with Gasteiger partial charge in [0.15, 0.2) is 0 Å². The van der Waals surface area contributed by atoms with E-state index in [-0.39, 0.29) is 0 Å². The summed E-state index contributed by atoms with van der Waals surface area (Å²) in [5.41, 5.74) is 2.66. The van der Waals surface area contributed by atoms with Gasteiger partial charge in [0.2, 0.25) is 0 Å². The van der Waals surface area contributed by atoms with Crippen molar-refractivity contribution in [3.8, 4) is 0 Å². The van der Waals surface area contributed by atoms with Crippen molar-refractivity contribution in [3.63, 3.8) is 0 Å². The van der Waals surface area contributed by atoms with Crippen molar-refractivity contribution in [2.24, 2.45) is 0 Å². The van der Waals surface area contributed by atoms with Crippen molar-refractivity contribution in [1.82, 2.24) is 9.78 Å². The minimum absolute atomic E-state index is 0.477. The van der Waals surface area contributed by atoms with E-state index in [4.69, 9.17) is 0 Å². The number of aryl methyl sites for hydroxylation is 1. The summed E-state index contributed by atoms with van der Waals surface area (Å²) in [4.78, 5) is 0. The largest absolute Gasteiger partial charge is 0.266 e. The van der Waals surface area contributed by atoms with Crippen LogP contribution in [0.15, 0.2) is 0 Å². The van der Waals surface area contributed by atoms with E-state index in [2.05, 4.69) is 36.7 Å². The smallest absolute Gasteiger partial charge is 0.116 e. The van der Waals surface area contributed by atoms with Gasteiger partial charge in [-0.1, -0.05) is 0 Å². The maximum atomic E-state index is 4.27. The van der Waals surface area contributed by atoms with Crippen molar-refractivity contribution < 1.29 is 0 Å². The van der Waals surface area contributed by atoms with Crippen LogP contribution in [0.3, 0.4) is 0 Å². The summed E-state index contributed by atoms with van der Waals surface area (Å²) >= 11 is 0. The molecule has 0 bridgehead atoms. The van der Waals surface area contributed by atoms with Gasteiger partial charge in [0.05, 0.1) is 0 Å². The molecule has 0 N–H and O–H groups in total. The fourth-order valence-electron chi connectivity index (χ4n) is 1.66. The summed E-state index contributed by atoms with van der Waals surface area (Å²) in [6, 6.07) is 0.477. The molecule has 12 heavy (non-hydrogen) atoms. The molecule has 2 nitrogen and oxygen atoms in total. The second-order valence-electron chi connectivity index (χ2n) is 3.93. The van der Waals surface area contributed by atoms with Crippen molar-refractivity contribution in [3.05, 3.63) is 17.5 Å². The first-order valence-corrected chi connectivity index (χ1v) is 4.67. The van der Waals surface area contributed by atoms with Crippen molar-refractivity contribution in [1.29, 1.82) is 0 Å². The first kappa shape index (κ1) is 7.84. The molecule has 0 unspecified atom stereocenters. The predicted molar refractivity (Wildman–Crippen MR) is 48.2 cm³/mol. The summed E-state index contributed by atoms with van der Waals surface area (Å²) in [6.07, 6.45) is 5.73. The van der Waals surface area contributed by atoms with Crippen LogP contribution in [0.4, 0.5) is 0 Å². The zero-order chi connectivity index (χ0) is 8.72. The molecule has 0 aromatic carbocycles. The van der Waals surface area contributed by atoms with Crippen LogP contribution >= 0.6 is 0 Å². The SMILES string of the molecule is Cc1[c]nn(C(C)C)c1C1CC1. The van der Waals surface area contributed by atoms with Gasteiger partial charge in [0, 0.05) is 23.2 Å². The third-order valence-electron chi connectivity index (χ3n) is 2.41. The fourth-order valence-corrected chi connectivity index (χ4v) is 1.66. The van der Waals surface area contributed by atoms with Crippen LogP contribution in [0.5, 0.6) is 0 Å². The Kier molecular flexibility index (Phi) is 1.71. The van der Waals surface area contributed by atoms with Crippen LogP contribution in [0.25, 0.3) is 0 Å². The Hall–Kier alpha value is -0.790. The van der Waals surface area contributed by atoms with E-state index in [0.717, 1.165) is 5.92 Å². The van der Waals surface area contributed by atoms with Crippen molar-refractivity contribution >= 4 is 0 Å². The van der Waals surface area contributed by atoms with Gasteiger partial charge in [0.25, 0.3) is 0 Å². The lowest BCUT2D eigenvalue weighted by Crippen LogP contribution is -2.06. The molecule has 0 atom stereocenters. The Bertz CT molecular complexity index is 282. The van der Waals surface area contributed by atoms with Gasteiger partial charge in [-0.15, -0.1) is 0 Å². The second kappa shape index (κ2) is 2.61. The summed E-state index contributed by atoms with van der Waals surface area (Å²) in [5, 5.41) is 4.27. The number of aromatic nitrogens is 2. The summed E-state index contributed by atoms with van der Waals surface area (Å²) < 4.78 is 2.12. The molecular weight excluding hydrogens is 148 g/mol. The Balaban J connectivity index is 2.39. The van der Waals surface area contributed by atoms with Gasteiger partial charge in [0.1, 0.15) is 6.20 Å². The van der Waals surface area contributed by atoms with Gasteiger partial charge in [-0.3, -0.25) is 4.68 Å². The van der Waals surface area contributed by atoms with E-state index >= 15 is 0 Å². The van der Waals surface area contributed by atoms with E-state index in [0.29, 0.717) is 6.04 Å². The van der Waals surface area contributed by atoms with E-state index < -0.39 is 0 Å². The highest BCUT2D eigenvalue weighted by atomic mass is 15.3. The zero-order valence-corrected chi connectivity index (χ0v) is 7.96. The lowest BCUT2D eigenvalue weighted by atomic mass is 10.2. The van der Waals surface area contributed by atoms with Gasteiger partial charge < -0.3 is 0 Å². The molecule has 1 fully saturated rings. The highest BCUT2D eigenvalue weighted by Crippen LogP contribution is 2.41. The average molecular weight is 163 g/mol. The second-order valence-corrected chi connectivity index (χ2v) is 3.93. The Morgan fingerprint density at radius 2 is 2.17 bits per heavy atom. The zero-order valence-electron chi connectivity index (χ0n) is 7.96. The van der Waals surface area contributed by atoms with E-state index in [1.807, 2.05) is 0 Å². The highest BCUT2D eigenvalue weighted by Gasteiger charge is 2.29. The maximum absolute atomic E-state index is 4.27. The molecule has 1 aromatic rings. The monoisotopic (exact) mass is 163 g/mol. The lowest BCUT2D eigenvalue weighted by molar-refractivity contribution is 0.508. The molecule has 1 aliphatic carbocycles. The molecule has 1 saturated carbocycles. The van der Waals surface area contributed by atoms with Gasteiger partial charge >= 0.3 is 0 Å². The average Bonchev–Trinajstić information content (AvgIpc) is 2.75. The summed E-state index contributed by atoms with van der Waals surface area (Å²) in [5.74, 6) is 0.783. The lowest BCUT2D eigenvalue weighted by Gasteiger charge is -2.10. The molecule has 0 spiro atoms. The van der Waals surface area contributed by atoms with Gasteiger partial charge in [-0.25, -0.2) is 0 Å². The van der Waals surface area contributed by atoms with Crippen LogP contribution in [0.2, 0.25) is 0 Å². The Labute approximate surface area is 73.6 Å². The Morgan fingerprint density at radius 3 is 2.67 bits per heavy atom. The molecule has 0 saturated heterocycles. The van der Waals surface area contributed by atoms with E-state index in [9.17, 15) is 0 Å². The molecule has 1 aromatic heterocycles. The molecule has 0 aliphatic heterocycles. The first-order valence-electron chi connectivity index (χ1n) is 4.67. The van der Waals surface area contributed by atoms with Crippen molar-refractivity contribution in [2.75, 3.05) is 0 Å². The van der Waals surface area contributed by atoms with E-state index in [1.54, 1.807) is 0 Å². The van der Waals surface area contributed by atoms with Gasteiger partial charge in [-0.05, 0) is 33.6 Å². The fraction of sp³-hybridized carbons (Fsp3) is 0.700. The number of hydrogen-bond acceptors (Lipinski definition) is 1. The first-order chi connectivity index (χ1) is 5.70. The minimum atomic E-state index is 0.477. The van der Waals surface area contributed by atoms with Crippen LogP contribution in [0.1, 0.15) is 49.9 Å². The number of nitrogens with zero attached hydrogens (tertiary/aromatic N) is 2. The molecule has 65 valence electrons. The molecule has 2 heteroatoms. The molecule has 1 heterocycles. The van der Waals surface area contributed by atoms with Crippen LogP contribution in [-0.4, -0.2) is 9.78 Å². The van der Waals surface area contributed by atoms with Crippen molar-refractivity contribution in [2.45, 2.75) is 45.6 Å². The summed E-state index contributed by atoms with van der Waals surface area (Å²) in [6.45, 7) is 6.46. The van der Waals surface area contributed by atoms with Crippen LogP contribution in [0, 0.1) is 13.1 Å². The molecule has 1 radical (unpaired) electrons. The molecule has 1 aliphatic rings. The highest BCUT2D eigenvalue weighted by molar-refractivity contribution is 5.23. The van der Waals surface area contributed by atoms with E-state index in [1.165, 1.54) is 24.1 Å². The topological polar surface area (TPSA) is 17.8 Å². The van der Waals surface area contributed by atoms with Gasteiger partial charge in [-0.2, -0.15) is 5.10 Å². The Morgan fingerprint density at radius 1 is 1.50 bits per heavy atom. The normalized spacial score (nSPS) is 17.3. The number of rotatable bonds is 2. The third kappa shape index (κ3) is 1.15. The third-order valence-corrected chi connectivity index (χ3v) is 2.41. The van der Waals surface area contributed by atoms with Crippen LogP contribution < -0.4 is 0 Å². The quantitative estimate of drug-likeness (QED) is 0.654. The van der Waals surface area contributed by atoms with Crippen LogP contribution in [-0.2, 0) is 0 Å². The minimum Gasteiger partial charge on any atom is -0.266 e.